The quantitative estimate of drug-likeness (QED) is 0.376. The lowest BCUT2D eigenvalue weighted by atomic mass is 10.1. The molecular formula is C30H36FN5O4. The summed E-state index contributed by atoms with van der Waals surface area (Å²) in [5, 5.41) is 8.83. The van der Waals surface area contributed by atoms with Crippen molar-refractivity contribution in [2.24, 2.45) is 5.92 Å². The number of benzene rings is 2. The predicted molar refractivity (Wildman–Crippen MR) is 151 cm³/mol. The van der Waals surface area contributed by atoms with Crippen LogP contribution in [0.4, 0.5) is 10.2 Å². The molecule has 0 radical (unpaired) electrons. The fourth-order valence-electron chi connectivity index (χ4n) is 4.62. The maximum atomic E-state index is 13.7. The van der Waals surface area contributed by atoms with Gasteiger partial charge in [-0.1, -0.05) is 26.3 Å². The first-order valence-corrected chi connectivity index (χ1v) is 13.5. The van der Waals surface area contributed by atoms with Crippen LogP contribution in [-0.4, -0.2) is 85.3 Å². The van der Waals surface area contributed by atoms with E-state index in [0.717, 1.165) is 17.8 Å². The number of rotatable bonds is 10. The average molecular weight is 550 g/mol. The molecule has 1 fully saturated rings. The molecule has 1 atom stereocenters. The molecule has 1 aliphatic heterocycles. The molecule has 1 aromatic heterocycles. The monoisotopic (exact) mass is 549 g/mol. The van der Waals surface area contributed by atoms with Crippen molar-refractivity contribution in [2.75, 3.05) is 58.4 Å². The number of methoxy groups -OCH3 is 2. The number of carbonyl (C=O) groups is 2. The van der Waals surface area contributed by atoms with Gasteiger partial charge in [-0.15, -0.1) is 10.2 Å². The topological polar surface area (TPSA) is 88.1 Å². The van der Waals surface area contributed by atoms with Crippen LogP contribution in [0, 0.1) is 11.7 Å². The van der Waals surface area contributed by atoms with Gasteiger partial charge in [0.2, 0.25) is 5.91 Å². The van der Waals surface area contributed by atoms with Gasteiger partial charge < -0.3 is 24.2 Å². The van der Waals surface area contributed by atoms with Crippen LogP contribution in [0.5, 0.6) is 11.5 Å². The zero-order chi connectivity index (χ0) is 28.6. The lowest BCUT2D eigenvalue weighted by Crippen LogP contribution is -2.52. The lowest BCUT2D eigenvalue weighted by molar-refractivity contribution is -0.132. The minimum absolute atomic E-state index is 0.0438. The molecule has 212 valence electrons. The zero-order valence-electron chi connectivity index (χ0n) is 23.5. The van der Waals surface area contributed by atoms with Gasteiger partial charge in [-0.25, -0.2) is 4.39 Å². The second kappa shape index (κ2) is 13.2. The Bertz CT molecular complexity index is 1310. The van der Waals surface area contributed by atoms with Crippen LogP contribution in [0.15, 0.2) is 54.6 Å². The van der Waals surface area contributed by atoms with E-state index in [9.17, 15) is 14.0 Å². The zero-order valence-corrected chi connectivity index (χ0v) is 23.5. The number of halogens is 1. The second-order valence-electron chi connectivity index (χ2n) is 9.92. The Morgan fingerprint density at radius 1 is 1.00 bits per heavy atom. The molecule has 0 bridgehead atoms. The third-order valence-electron chi connectivity index (χ3n) is 7.21. The van der Waals surface area contributed by atoms with Crippen molar-refractivity contribution < 1.29 is 23.5 Å². The maximum Gasteiger partial charge on any atom is 0.254 e. The number of ether oxygens (including phenoxy) is 2. The van der Waals surface area contributed by atoms with Crippen molar-refractivity contribution in [3.8, 4) is 22.8 Å². The Morgan fingerprint density at radius 2 is 1.77 bits per heavy atom. The summed E-state index contributed by atoms with van der Waals surface area (Å²) in [6.07, 6.45) is 0.866. The van der Waals surface area contributed by atoms with Gasteiger partial charge in [0.1, 0.15) is 23.9 Å². The Hall–Kier alpha value is -4.21. The van der Waals surface area contributed by atoms with Crippen molar-refractivity contribution in [1.29, 1.82) is 0 Å². The molecule has 2 aromatic carbocycles. The van der Waals surface area contributed by atoms with Crippen molar-refractivity contribution in [3.05, 3.63) is 66.0 Å². The summed E-state index contributed by atoms with van der Waals surface area (Å²) in [5.41, 5.74) is 1.74. The van der Waals surface area contributed by atoms with Gasteiger partial charge in [-0.3, -0.25) is 9.59 Å². The first kappa shape index (κ1) is 28.8. The van der Waals surface area contributed by atoms with Gasteiger partial charge in [-0.2, -0.15) is 0 Å². The molecule has 0 N–H and O–H groups in total. The molecule has 9 nitrogen and oxygen atoms in total. The fourth-order valence-corrected chi connectivity index (χ4v) is 4.62. The van der Waals surface area contributed by atoms with Gasteiger partial charge in [-0.05, 0) is 48.4 Å². The van der Waals surface area contributed by atoms with E-state index in [1.54, 1.807) is 31.3 Å². The molecule has 2 heterocycles. The molecule has 1 aliphatic rings. The highest BCUT2D eigenvalue weighted by Crippen LogP contribution is 2.32. The molecule has 1 saturated heterocycles. The normalized spacial score (nSPS) is 14.0. The third-order valence-corrected chi connectivity index (χ3v) is 7.21. The van der Waals surface area contributed by atoms with E-state index < -0.39 is 5.82 Å². The molecule has 0 saturated carbocycles. The molecule has 2 amide bonds. The van der Waals surface area contributed by atoms with Crippen LogP contribution in [0.1, 0.15) is 30.6 Å². The number of hydrogen-bond donors (Lipinski definition) is 0. The van der Waals surface area contributed by atoms with Crippen molar-refractivity contribution in [1.82, 2.24) is 20.0 Å². The second-order valence-corrected chi connectivity index (χ2v) is 9.92. The largest absolute Gasteiger partial charge is 0.497 e. The standard InChI is InChI=1S/C30H36FN5O4/c1-5-21(2)19-36(30(38)22-7-6-8-23(31)17-22)20-29(37)35-15-13-34(14-16-35)28-12-11-26(32-33-28)25-10-9-24(39-3)18-27(25)40-4/h6-12,17-18,21H,5,13-16,19-20H2,1-4H3/t21-/m1/s1. The highest BCUT2D eigenvalue weighted by molar-refractivity contribution is 5.96. The van der Waals surface area contributed by atoms with Crippen LogP contribution in [0.3, 0.4) is 0 Å². The molecule has 40 heavy (non-hydrogen) atoms. The first-order valence-electron chi connectivity index (χ1n) is 13.5. The highest BCUT2D eigenvalue weighted by atomic mass is 19.1. The lowest BCUT2D eigenvalue weighted by Gasteiger charge is -2.36. The number of nitrogens with zero attached hydrogens (tertiary/aromatic N) is 5. The number of aromatic nitrogens is 2. The van der Waals surface area contributed by atoms with Crippen LogP contribution >= 0.6 is 0 Å². The van der Waals surface area contributed by atoms with E-state index in [1.807, 2.05) is 38.1 Å². The SMILES string of the molecule is CC[C@@H](C)CN(CC(=O)N1CCN(c2ccc(-c3ccc(OC)cc3OC)nn2)CC1)C(=O)c1cccc(F)c1. The Balaban J connectivity index is 1.38. The summed E-state index contributed by atoms with van der Waals surface area (Å²) < 4.78 is 24.5. The molecule has 4 rings (SSSR count). The number of anilines is 1. The molecule has 10 heteroatoms. The van der Waals surface area contributed by atoms with Crippen LogP contribution < -0.4 is 14.4 Å². The van der Waals surface area contributed by atoms with E-state index in [1.165, 1.54) is 23.1 Å². The predicted octanol–water partition coefficient (Wildman–Crippen LogP) is 4.14. The summed E-state index contributed by atoms with van der Waals surface area (Å²) in [7, 11) is 3.20. The van der Waals surface area contributed by atoms with E-state index in [4.69, 9.17) is 9.47 Å². The molecule has 0 aliphatic carbocycles. The Morgan fingerprint density at radius 3 is 2.40 bits per heavy atom. The van der Waals surface area contributed by atoms with Crippen LogP contribution in [0.2, 0.25) is 0 Å². The van der Waals surface area contributed by atoms with Gasteiger partial charge >= 0.3 is 0 Å². The smallest absolute Gasteiger partial charge is 0.254 e. The number of carbonyl (C=O) groups excluding carboxylic acids is 2. The summed E-state index contributed by atoms with van der Waals surface area (Å²) in [6, 6.07) is 14.9. The molecule has 0 unspecified atom stereocenters. The van der Waals surface area contributed by atoms with Gasteiger partial charge in [0.05, 0.1) is 19.9 Å². The minimum Gasteiger partial charge on any atom is -0.497 e. The molecular weight excluding hydrogens is 513 g/mol. The van der Waals surface area contributed by atoms with E-state index in [-0.39, 0.29) is 29.8 Å². The van der Waals surface area contributed by atoms with Gasteiger partial charge in [0, 0.05) is 49.9 Å². The number of piperazine rings is 1. The van der Waals surface area contributed by atoms with Crippen molar-refractivity contribution >= 4 is 17.6 Å². The molecule has 0 spiro atoms. The van der Waals surface area contributed by atoms with E-state index in [0.29, 0.717) is 49.9 Å². The Kier molecular flexibility index (Phi) is 9.52. The van der Waals surface area contributed by atoms with Crippen molar-refractivity contribution in [2.45, 2.75) is 20.3 Å². The van der Waals surface area contributed by atoms with E-state index in [2.05, 4.69) is 15.1 Å². The van der Waals surface area contributed by atoms with Crippen molar-refractivity contribution in [3.63, 3.8) is 0 Å². The average Bonchev–Trinajstić information content (AvgIpc) is 3.00. The highest BCUT2D eigenvalue weighted by Gasteiger charge is 2.27. The van der Waals surface area contributed by atoms with E-state index >= 15 is 0 Å². The number of hydrogen-bond acceptors (Lipinski definition) is 7. The number of amides is 2. The summed E-state index contributed by atoms with van der Waals surface area (Å²) in [6.45, 7) is 6.64. The minimum atomic E-state index is -0.476. The maximum absolute atomic E-state index is 13.7. The Labute approximate surface area is 234 Å². The fraction of sp³-hybridized carbons (Fsp3) is 0.400. The van der Waals surface area contributed by atoms with Crippen LogP contribution in [-0.2, 0) is 4.79 Å². The summed E-state index contributed by atoms with van der Waals surface area (Å²) in [4.78, 5) is 31.8. The summed E-state index contributed by atoms with van der Waals surface area (Å²) >= 11 is 0. The third kappa shape index (κ3) is 6.86. The van der Waals surface area contributed by atoms with Gasteiger partial charge in [0.15, 0.2) is 5.82 Å². The van der Waals surface area contributed by atoms with Gasteiger partial charge in [0.25, 0.3) is 5.91 Å². The molecule has 3 aromatic rings. The first-order chi connectivity index (χ1) is 19.3. The summed E-state index contributed by atoms with van der Waals surface area (Å²) in [5.74, 6) is 1.34. The van der Waals surface area contributed by atoms with Crippen LogP contribution in [0.25, 0.3) is 11.3 Å².